The first kappa shape index (κ1) is 24.0. The van der Waals surface area contributed by atoms with Crippen LogP contribution in [0, 0.1) is 5.82 Å². The summed E-state index contributed by atoms with van der Waals surface area (Å²) in [6.07, 6.45) is -1.57. The van der Waals surface area contributed by atoms with E-state index in [1.807, 2.05) is 0 Å². The molecular weight excluding hydrogens is 470 g/mol. The van der Waals surface area contributed by atoms with Crippen LogP contribution in [0.1, 0.15) is 37.0 Å². The molecule has 0 unspecified atom stereocenters. The Labute approximate surface area is 190 Å². The van der Waals surface area contributed by atoms with Crippen molar-refractivity contribution in [3.63, 3.8) is 0 Å². The summed E-state index contributed by atoms with van der Waals surface area (Å²) >= 11 is 6.31. The van der Waals surface area contributed by atoms with Crippen molar-refractivity contribution < 1.29 is 36.7 Å². The third-order valence-electron chi connectivity index (χ3n) is 4.60. The first-order chi connectivity index (χ1) is 15.1. The van der Waals surface area contributed by atoms with E-state index in [0.717, 1.165) is 17.8 Å². The zero-order valence-electron chi connectivity index (χ0n) is 16.4. The number of benzene rings is 1. The lowest BCUT2D eigenvalue weighted by molar-refractivity contribution is -0.140. The standard InChI is InChI=1S/C21H17F4NO4S2/c22-15-7-5-12(10-14(15)21(23,24)25)16-8-6-13(30-16)11-17-19(29)26(20(31)32-17)9-3-1-2-4-18(27)28/h5-8,10-11H,1-4,9H2,(H,27,28)/b17-11-. The number of carboxylic acids is 1. The molecule has 170 valence electrons. The average Bonchev–Trinajstić information content (AvgIpc) is 3.27. The number of rotatable bonds is 8. The van der Waals surface area contributed by atoms with Gasteiger partial charge in [0.15, 0.2) is 0 Å². The molecule has 1 saturated heterocycles. The second kappa shape index (κ2) is 9.86. The van der Waals surface area contributed by atoms with Crippen LogP contribution in [-0.2, 0) is 15.8 Å². The lowest BCUT2D eigenvalue weighted by Gasteiger charge is -2.13. The van der Waals surface area contributed by atoms with Gasteiger partial charge in [-0.05, 0) is 43.2 Å². The molecule has 0 bridgehead atoms. The van der Waals surface area contributed by atoms with E-state index >= 15 is 0 Å². The summed E-state index contributed by atoms with van der Waals surface area (Å²) in [6.45, 7) is 0.362. The molecule has 1 aliphatic rings. The van der Waals surface area contributed by atoms with Crippen molar-refractivity contribution in [2.45, 2.75) is 31.9 Å². The van der Waals surface area contributed by atoms with E-state index in [-0.39, 0.29) is 29.4 Å². The molecule has 0 saturated carbocycles. The fourth-order valence-electron chi connectivity index (χ4n) is 3.03. The number of unbranched alkanes of at least 4 members (excludes halogenated alkanes) is 2. The topological polar surface area (TPSA) is 70.8 Å². The van der Waals surface area contributed by atoms with Crippen LogP contribution in [0.15, 0.2) is 39.7 Å². The van der Waals surface area contributed by atoms with Gasteiger partial charge in [-0.3, -0.25) is 14.5 Å². The van der Waals surface area contributed by atoms with Gasteiger partial charge in [-0.1, -0.05) is 30.4 Å². The summed E-state index contributed by atoms with van der Waals surface area (Å²) in [5.41, 5.74) is -1.34. The van der Waals surface area contributed by atoms with Crippen LogP contribution in [0.5, 0.6) is 0 Å². The number of halogens is 4. The van der Waals surface area contributed by atoms with E-state index in [9.17, 15) is 27.2 Å². The molecule has 1 fully saturated rings. The smallest absolute Gasteiger partial charge is 0.419 e. The van der Waals surface area contributed by atoms with Crippen LogP contribution >= 0.6 is 24.0 Å². The molecule has 0 atom stereocenters. The number of hydrogen-bond donors (Lipinski definition) is 1. The van der Waals surface area contributed by atoms with Crippen molar-refractivity contribution in [2.24, 2.45) is 0 Å². The fourth-order valence-corrected chi connectivity index (χ4v) is 4.31. The van der Waals surface area contributed by atoms with Crippen molar-refractivity contribution in [1.82, 2.24) is 4.90 Å². The molecule has 1 aliphatic heterocycles. The number of thiocarbonyl (C=S) groups is 1. The lowest BCUT2D eigenvalue weighted by Crippen LogP contribution is -2.29. The number of aliphatic carboxylic acids is 1. The van der Waals surface area contributed by atoms with Crippen LogP contribution in [0.2, 0.25) is 0 Å². The van der Waals surface area contributed by atoms with E-state index in [4.69, 9.17) is 21.7 Å². The molecule has 2 aromatic rings. The minimum atomic E-state index is -4.84. The van der Waals surface area contributed by atoms with E-state index in [1.54, 1.807) is 0 Å². The van der Waals surface area contributed by atoms with E-state index in [2.05, 4.69) is 0 Å². The molecule has 1 aromatic carbocycles. The summed E-state index contributed by atoms with van der Waals surface area (Å²) in [5.74, 6) is -2.24. The molecule has 1 N–H and O–H groups in total. The van der Waals surface area contributed by atoms with Crippen LogP contribution in [0.3, 0.4) is 0 Å². The van der Waals surface area contributed by atoms with Crippen molar-refractivity contribution in [1.29, 1.82) is 0 Å². The number of hydrogen-bond acceptors (Lipinski definition) is 5. The number of furan rings is 1. The maximum absolute atomic E-state index is 13.5. The Kier molecular flexibility index (Phi) is 7.40. The number of thioether (sulfide) groups is 1. The highest BCUT2D eigenvalue weighted by atomic mass is 32.2. The first-order valence-electron chi connectivity index (χ1n) is 9.50. The molecule has 0 aliphatic carbocycles. The second-order valence-electron chi connectivity index (χ2n) is 6.93. The zero-order chi connectivity index (χ0) is 23.5. The van der Waals surface area contributed by atoms with Gasteiger partial charge < -0.3 is 9.52 Å². The Balaban J connectivity index is 1.69. The van der Waals surface area contributed by atoms with Gasteiger partial charge in [0.2, 0.25) is 0 Å². The zero-order valence-corrected chi connectivity index (χ0v) is 18.1. The Hall–Kier alpha value is -2.66. The van der Waals surface area contributed by atoms with E-state index in [1.165, 1.54) is 29.2 Å². The Morgan fingerprint density at radius 2 is 1.94 bits per heavy atom. The van der Waals surface area contributed by atoms with Gasteiger partial charge in [-0.25, -0.2) is 4.39 Å². The SMILES string of the molecule is O=C(O)CCCCCN1C(=O)/C(=C/c2ccc(-c3ccc(F)c(C(F)(F)F)c3)o2)SC1=S. The fraction of sp³-hybridized carbons (Fsp3) is 0.286. The van der Waals surface area contributed by atoms with Crippen LogP contribution in [0.25, 0.3) is 17.4 Å². The highest BCUT2D eigenvalue weighted by molar-refractivity contribution is 8.26. The Morgan fingerprint density at radius 3 is 2.62 bits per heavy atom. The van der Waals surface area contributed by atoms with Crippen molar-refractivity contribution in [2.75, 3.05) is 6.54 Å². The van der Waals surface area contributed by atoms with Crippen molar-refractivity contribution in [3.05, 3.63) is 52.4 Å². The Morgan fingerprint density at radius 1 is 1.19 bits per heavy atom. The molecule has 5 nitrogen and oxygen atoms in total. The van der Waals surface area contributed by atoms with Crippen molar-refractivity contribution >= 4 is 46.3 Å². The summed E-state index contributed by atoms with van der Waals surface area (Å²) < 4.78 is 58.2. The molecule has 0 spiro atoms. The van der Waals surface area contributed by atoms with Gasteiger partial charge in [-0.2, -0.15) is 13.2 Å². The third kappa shape index (κ3) is 5.77. The maximum Gasteiger partial charge on any atom is 0.419 e. The number of carboxylic acid groups (broad SMARTS) is 1. The van der Waals surface area contributed by atoms with Gasteiger partial charge in [0.05, 0.1) is 10.5 Å². The van der Waals surface area contributed by atoms with Gasteiger partial charge in [0.1, 0.15) is 21.7 Å². The number of amides is 1. The Bertz CT molecular complexity index is 1080. The normalized spacial score (nSPS) is 15.8. The first-order valence-corrected chi connectivity index (χ1v) is 10.7. The predicted molar refractivity (Wildman–Crippen MR) is 115 cm³/mol. The van der Waals surface area contributed by atoms with E-state index < -0.39 is 23.5 Å². The molecule has 32 heavy (non-hydrogen) atoms. The van der Waals surface area contributed by atoms with Crippen molar-refractivity contribution in [3.8, 4) is 11.3 Å². The lowest BCUT2D eigenvalue weighted by atomic mass is 10.1. The van der Waals surface area contributed by atoms with Crippen LogP contribution < -0.4 is 0 Å². The maximum atomic E-state index is 13.5. The molecule has 0 radical (unpaired) electrons. The number of carbonyl (C=O) groups excluding carboxylic acids is 1. The molecule has 11 heteroatoms. The summed E-state index contributed by atoms with van der Waals surface area (Å²) in [4.78, 5) is 24.9. The summed E-state index contributed by atoms with van der Waals surface area (Å²) in [7, 11) is 0. The number of nitrogens with zero attached hydrogens (tertiary/aromatic N) is 1. The largest absolute Gasteiger partial charge is 0.481 e. The summed E-state index contributed by atoms with van der Waals surface area (Å²) in [6, 6.07) is 5.49. The van der Waals surface area contributed by atoms with Crippen LogP contribution in [0.4, 0.5) is 17.6 Å². The van der Waals surface area contributed by atoms with E-state index in [0.29, 0.717) is 41.1 Å². The summed E-state index contributed by atoms with van der Waals surface area (Å²) in [5, 5.41) is 8.65. The second-order valence-corrected chi connectivity index (χ2v) is 8.61. The van der Waals surface area contributed by atoms with Gasteiger partial charge >= 0.3 is 12.1 Å². The predicted octanol–water partition coefficient (Wildman–Crippen LogP) is 5.95. The highest BCUT2D eigenvalue weighted by Crippen LogP contribution is 2.36. The quantitative estimate of drug-likeness (QED) is 0.215. The van der Waals surface area contributed by atoms with Gasteiger partial charge in [-0.15, -0.1) is 0 Å². The minimum Gasteiger partial charge on any atom is -0.481 e. The molecule has 3 rings (SSSR count). The monoisotopic (exact) mass is 487 g/mol. The third-order valence-corrected chi connectivity index (χ3v) is 5.98. The molecule has 1 amide bonds. The molecule has 2 heterocycles. The number of carbonyl (C=O) groups is 2. The molecule has 1 aromatic heterocycles. The molecular formula is C21H17F4NO4S2. The average molecular weight is 487 g/mol. The highest BCUT2D eigenvalue weighted by Gasteiger charge is 2.35. The number of alkyl halides is 3. The van der Waals surface area contributed by atoms with Gasteiger partial charge in [0, 0.05) is 24.6 Å². The van der Waals surface area contributed by atoms with Crippen LogP contribution in [-0.4, -0.2) is 32.7 Å². The minimum absolute atomic E-state index is 0.0484. The van der Waals surface area contributed by atoms with Gasteiger partial charge in [0.25, 0.3) is 5.91 Å².